The summed E-state index contributed by atoms with van der Waals surface area (Å²) < 4.78 is 5.02. The molecule has 0 spiro atoms. The second-order valence-electron chi connectivity index (χ2n) is 4.27. The monoisotopic (exact) mass is 262 g/mol. The molecular formula is C15H22N2O2. The van der Waals surface area contributed by atoms with E-state index in [1.807, 2.05) is 24.3 Å². The van der Waals surface area contributed by atoms with Gasteiger partial charge in [0.05, 0.1) is 13.0 Å². The van der Waals surface area contributed by atoms with Crippen LogP contribution in [-0.2, 0) is 22.5 Å². The van der Waals surface area contributed by atoms with Crippen molar-refractivity contribution < 1.29 is 9.53 Å². The van der Waals surface area contributed by atoms with Crippen LogP contribution in [-0.4, -0.2) is 37.6 Å². The maximum Gasteiger partial charge on any atom is 0.227 e. The molecule has 1 aromatic rings. The van der Waals surface area contributed by atoms with Crippen molar-refractivity contribution in [1.29, 1.82) is 0 Å². The average molecular weight is 262 g/mol. The Labute approximate surface area is 114 Å². The van der Waals surface area contributed by atoms with Gasteiger partial charge in [-0.15, -0.1) is 6.58 Å². The molecule has 0 aromatic heterocycles. The van der Waals surface area contributed by atoms with Crippen LogP contribution in [0, 0.1) is 0 Å². The molecule has 0 atom stereocenters. The van der Waals surface area contributed by atoms with Crippen LogP contribution < -0.4 is 5.73 Å². The summed E-state index contributed by atoms with van der Waals surface area (Å²) in [6.45, 7) is 5.76. The van der Waals surface area contributed by atoms with Crippen LogP contribution in [0.3, 0.4) is 0 Å². The van der Waals surface area contributed by atoms with Gasteiger partial charge in [-0.05, 0) is 11.1 Å². The molecule has 0 saturated carbocycles. The maximum atomic E-state index is 12.3. The molecule has 2 N–H and O–H groups in total. The Morgan fingerprint density at radius 3 is 2.68 bits per heavy atom. The van der Waals surface area contributed by atoms with Gasteiger partial charge in [-0.2, -0.15) is 0 Å². The fourth-order valence-corrected chi connectivity index (χ4v) is 1.88. The van der Waals surface area contributed by atoms with Gasteiger partial charge in [-0.25, -0.2) is 0 Å². The number of nitrogens with zero attached hydrogens (tertiary/aromatic N) is 1. The first-order valence-corrected chi connectivity index (χ1v) is 6.37. The number of carbonyl (C=O) groups excluding carboxylic acids is 1. The lowest BCUT2D eigenvalue weighted by molar-refractivity contribution is -0.130. The van der Waals surface area contributed by atoms with E-state index in [1.165, 1.54) is 0 Å². The largest absolute Gasteiger partial charge is 0.383 e. The van der Waals surface area contributed by atoms with Gasteiger partial charge >= 0.3 is 0 Å². The molecule has 4 nitrogen and oxygen atoms in total. The molecule has 1 aromatic carbocycles. The summed E-state index contributed by atoms with van der Waals surface area (Å²) in [7, 11) is 1.63. The van der Waals surface area contributed by atoms with Crippen molar-refractivity contribution in [3.05, 3.63) is 48.0 Å². The second kappa shape index (κ2) is 8.45. The molecule has 4 heteroatoms. The zero-order valence-electron chi connectivity index (χ0n) is 11.5. The lowest BCUT2D eigenvalue weighted by Crippen LogP contribution is -2.35. The highest BCUT2D eigenvalue weighted by Crippen LogP contribution is 2.10. The number of methoxy groups -OCH3 is 1. The predicted molar refractivity (Wildman–Crippen MR) is 76.7 cm³/mol. The molecule has 0 radical (unpaired) electrons. The Balaban J connectivity index is 2.71. The first-order valence-electron chi connectivity index (χ1n) is 6.37. The Morgan fingerprint density at radius 1 is 1.42 bits per heavy atom. The van der Waals surface area contributed by atoms with Gasteiger partial charge in [0.15, 0.2) is 0 Å². The van der Waals surface area contributed by atoms with Gasteiger partial charge in [0.25, 0.3) is 0 Å². The summed E-state index contributed by atoms with van der Waals surface area (Å²) in [5.74, 6) is 0.0675. The van der Waals surface area contributed by atoms with Crippen LogP contribution in [0.15, 0.2) is 36.9 Å². The minimum absolute atomic E-state index is 0.0675. The van der Waals surface area contributed by atoms with Crippen LogP contribution in [0.1, 0.15) is 11.1 Å². The highest BCUT2D eigenvalue weighted by Gasteiger charge is 2.13. The van der Waals surface area contributed by atoms with Crippen molar-refractivity contribution in [3.8, 4) is 0 Å². The van der Waals surface area contributed by atoms with E-state index in [2.05, 4.69) is 6.58 Å². The first kappa shape index (κ1) is 15.4. The molecule has 1 amide bonds. The predicted octanol–water partition coefficient (Wildman–Crippen LogP) is 1.35. The minimum atomic E-state index is 0.0675. The standard InChI is InChI=1S/C15H22N2O2/c1-3-8-17(9-10-19-2)15(18)11-13-6-4-5-7-14(13)12-16/h3-7H,1,8-12,16H2,2H3. The van der Waals surface area contributed by atoms with Crippen LogP contribution in [0.25, 0.3) is 0 Å². The average Bonchev–Trinajstić information content (AvgIpc) is 2.44. The van der Waals surface area contributed by atoms with Crippen molar-refractivity contribution in [3.63, 3.8) is 0 Å². The van der Waals surface area contributed by atoms with Crippen LogP contribution >= 0.6 is 0 Å². The maximum absolute atomic E-state index is 12.3. The van der Waals surface area contributed by atoms with E-state index >= 15 is 0 Å². The third-order valence-electron chi connectivity index (χ3n) is 2.95. The van der Waals surface area contributed by atoms with Crippen molar-refractivity contribution in [2.45, 2.75) is 13.0 Å². The fourth-order valence-electron chi connectivity index (χ4n) is 1.88. The smallest absolute Gasteiger partial charge is 0.227 e. The molecule has 0 saturated heterocycles. The molecule has 0 heterocycles. The minimum Gasteiger partial charge on any atom is -0.383 e. The Morgan fingerprint density at radius 2 is 2.11 bits per heavy atom. The van der Waals surface area contributed by atoms with E-state index in [-0.39, 0.29) is 5.91 Å². The van der Waals surface area contributed by atoms with Crippen LogP contribution in [0.2, 0.25) is 0 Å². The molecule has 0 aliphatic rings. The summed E-state index contributed by atoms with van der Waals surface area (Å²) in [6.07, 6.45) is 2.09. The van der Waals surface area contributed by atoms with Gasteiger partial charge in [-0.1, -0.05) is 30.3 Å². The summed E-state index contributed by atoms with van der Waals surface area (Å²) >= 11 is 0. The molecule has 19 heavy (non-hydrogen) atoms. The summed E-state index contributed by atoms with van der Waals surface area (Å²) in [6, 6.07) is 7.76. The highest BCUT2D eigenvalue weighted by atomic mass is 16.5. The number of amides is 1. The van der Waals surface area contributed by atoms with E-state index < -0.39 is 0 Å². The second-order valence-corrected chi connectivity index (χ2v) is 4.27. The highest BCUT2D eigenvalue weighted by molar-refractivity contribution is 5.79. The van der Waals surface area contributed by atoms with Gasteiger partial charge in [-0.3, -0.25) is 4.79 Å². The molecule has 0 bridgehead atoms. The van der Waals surface area contributed by atoms with E-state index in [1.54, 1.807) is 18.1 Å². The first-order chi connectivity index (χ1) is 9.22. The number of benzene rings is 1. The summed E-state index contributed by atoms with van der Waals surface area (Å²) in [4.78, 5) is 14.0. The van der Waals surface area contributed by atoms with Gasteiger partial charge in [0.2, 0.25) is 5.91 Å². The molecule has 0 aliphatic heterocycles. The third-order valence-corrected chi connectivity index (χ3v) is 2.95. The molecule has 104 valence electrons. The molecular weight excluding hydrogens is 240 g/mol. The molecule has 0 aliphatic carbocycles. The van der Waals surface area contributed by atoms with E-state index in [0.717, 1.165) is 11.1 Å². The lowest BCUT2D eigenvalue weighted by atomic mass is 10.0. The van der Waals surface area contributed by atoms with E-state index in [4.69, 9.17) is 10.5 Å². The zero-order valence-corrected chi connectivity index (χ0v) is 11.5. The number of nitrogens with two attached hydrogens (primary N) is 1. The molecule has 1 rings (SSSR count). The van der Waals surface area contributed by atoms with Crippen molar-refractivity contribution in [1.82, 2.24) is 4.90 Å². The summed E-state index contributed by atoms with van der Waals surface area (Å²) in [5.41, 5.74) is 7.68. The van der Waals surface area contributed by atoms with E-state index in [0.29, 0.717) is 32.7 Å². The summed E-state index contributed by atoms with van der Waals surface area (Å²) in [5, 5.41) is 0. The van der Waals surface area contributed by atoms with E-state index in [9.17, 15) is 4.79 Å². The number of hydrogen-bond donors (Lipinski definition) is 1. The third kappa shape index (κ3) is 4.85. The van der Waals surface area contributed by atoms with Crippen LogP contribution in [0.4, 0.5) is 0 Å². The fraction of sp³-hybridized carbons (Fsp3) is 0.400. The topological polar surface area (TPSA) is 55.6 Å². The van der Waals surface area contributed by atoms with Gasteiger partial charge < -0.3 is 15.4 Å². The SMILES string of the molecule is C=CCN(CCOC)C(=O)Cc1ccccc1CN. The lowest BCUT2D eigenvalue weighted by Gasteiger charge is -2.21. The normalized spacial score (nSPS) is 10.2. The Bertz CT molecular complexity index is 418. The van der Waals surface area contributed by atoms with Crippen molar-refractivity contribution in [2.24, 2.45) is 5.73 Å². The number of hydrogen-bond acceptors (Lipinski definition) is 3. The van der Waals surface area contributed by atoms with Crippen LogP contribution in [0.5, 0.6) is 0 Å². The molecule has 0 fully saturated rings. The van der Waals surface area contributed by atoms with Crippen molar-refractivity contribution >= 4 is 5.91 Å². The Kier molecular flexibility index (Phi) is 6.85. The van der Waals surface area contributed by atoms with Gasteiger partial charge in [0.1, 0.15) is 0 Å². The number of ether oxygens (including phenoxy) is 1. The Hall–Kier alpha value is -1.65. The van der Waals surface area contributed by atoms with Crippen molar-refractivity contribution in [2.75, 3.05) is 26.8 Å². The quantitative estimate of drug-likeness (QED) is 0.719. The molecule has 0 unspecified atom stereocenters. The zero-order chi connectivity index (χ0) is 14.1. The number of carbonyl (C=O) groups is 1. The number of rotatable bonds is 8. The van der Waals surface area contributed by atoms with Gasteiger partial charge in [0, 0.05) is 26.7 Å².